The van der Waals surface area contributed by atoms with Gasteiger partial charge in [0.1, 0.15) is 5.56 Å². The highest BCUT2D eigenvalue weighted by molar-refractivity contribution is 5.99. The number of likely N-dealkylation sites (tertiary alicyclic amines) is 1. The summed E-state index contributed by atoms with van der Waals surface area (Å²) in [5.41, 5.74) is 6.41. The van der Waals surface area contributed by atoms with Gasteiger partial charge < -0.3 is 10.6 Å². The lowest BCUT2D eigenvalue weighted by Gasteiger charge is -2.17. The number of carbonyl (C=O) groups excluding carboxylic acids is 1. The molecule has 6 nitrogen and oxygen atoms in total. The SMILES string of the molecule is Cc1cccc([N+](=O)[O-])c1C(=O)N1CC[C@@H](N)C1. The minimum absolute atomic E-state index is 0.0305. The lowest BCUT2D eigenvalue weighted by Crippen LogP contribution is -2.32. The number of nitro benzene ring substituents is 1. The fourth-order valence-corrected chi connectivity index (χ4v) is 2.21. The first-order valence-electron chi connectivity index (χ1n) is 5.79. The lowest BCUT2D eigenvalue weighted by atomic mass is 10.1. The van der Waals surface area contributed by atoms with E-state index in [1.165, 1.54) is 6.07 Å². The van der Waals surface area contributed by atoms with Crippen LogP contribution >= 0.6 is 0 Å². The highest BCUT2D eigenvalue weighted by Crippen LogP contribution is 2.24. The van der Waals surface area contributed by atoms with Gasteiger partial charge in [-0.3, -0.25) is 14.9 Å². The van der Waals surface area contributed by atoms with E-state index in [9.17, 15) is 14.9 Å². The summed E-state index contributed by atoms with van der Waals surface area (Å²) in [7, 11) is 0. The smallest absolute Gasteiger partial charge is 0.282 e. The van der Waals surface area contributed by atoms with Crippen LogP contribution in [0.3, 0.4) is 0 Å². The van der Waals surface area contributed by atoms with E-state index in [4.69, 9.17) is 5.73 Å². The minimum atomic E-state index is -0.518. The predicted octanol–water partition coefficient (Wildman–Crippen LogP) is 1.08. The highest BCUT2D eigenvalue weighted by atomic mass is 16.6. The molecule has 0 bridgehead atoms. The summed E-state index contributed by atoms with van der Waals surface area (Å²) in [5, 5.41) is 11.0. The van der Waals surface area contributed by atoms with Crippen molar-refractivity contribution >= 4 is 11.6 Å². The number of hydrogen-bond donors (Lipinski definition) is 1. The van der Waals surface area contributed by atoms with E-state index < -0.39 is 4.92 Å². The number of rotatable bonds is 2. The van der Waals surface area contributed by atoms with Gasteiger partial charge in [-0.15, -0.1) is 0 Å². The average Bonchev–Trinajstić information content (AvgIpc) is 2.74. The monoisotopic (exact) mass is 249 g/mol. The van der Waals surface area contributed by atoms with E-state index in [1.54, 1.807) is 24.0 Å². The van der Waals surface area contributed by atoms with Gasteiger partial charge in [0, 0.05) is 25.2 Å². The summed E-state index contributed by atoms with van der Waals surface area (Å²) in [5.74, 6) is -0.298. The average molecular weight is 249 g/mol. The highest BCUT2D eigenvalue weighted by Gasteiger charge is 2.30. The van der Waals surface area contributed by atoms with Crippen LogP contribution in [0.15, 0.2) is 18.2 Å². The Morgan fingerprint density at radius 2 is 2.28 bits per heavy atom. The second kappa shape index (κ2) is 4.73. The molecule has 0 spiro atoms. The maximum Gasteiger partial charge on any atom is 0.282 e. The maximum absolute atomic E-state index is 12.3. The molecule has 1 aliphatic heterocycles. The van der Waals surface area contributed by atoms with Crippen LogP contribution in [0.5, 0.6) is 0 Å². The fraction of sp³-hybridized carbons (Fsp3) is 0.417. The summed E-state index contributed by atoms with van der Waals surface area (Å²) in [6.07, 6.45) is 0.741. The Bertz CT molecular complexity index is 501. The third-order valence-electron chi connectivity index (χ3n) is 3.17. The fourth-order valence-electron chi connectivity index (χ4n) is 2.21. The van der Waals surface area contributed by atoms with E-state index in [0.717, 1.165) is 6.42 Å². The molecule has 0 unspecified atom stereocenters. The third kappa shape index (κ3) is 2.19. The van der Waals surface area contributed by atoms with Crippen molar-refractivity contribution in [2.24, 2.45) is 5.73 Å². The summed E-state index contributed by atoms with van der Waals surface area (Å²) >= 11 is 0. The zero-order valence-electron chi connectivity index (χ0n) is 10.1. The molecule has 1 atom stereocenters. The van der Waals surface area contributed by atoms with Crippen LogP contribution in [0.4, 0.5) is 5.69 Å². The molecule has 0 aliphatic carbocycles. The summed E-state index contributed by atoms with van der Waals surface area (Å²) in [6.45, 7) is 2.73. The summed E-state index contributed by atoms with van der Waals surface area (Å²) in [6, 6.07) is 4.61. The number of aryl methyl sites for hydroxylation is 1. The molecular formula is C12H15N3O3. The van der Waals surface area contributed by atoms with Gasteiger partial charge in [-0.2, -0.15) is 0 Å². The van der Waals surface area contributed by atoms with Crippen molar-refractivity contribution in [1.82, 2.24) is 4.90 Å². The van der Waals surface area contributed by atoms with Crippen LogP contribution in [-0.2, 0) is 0 Å². The molecule has 1 saturated heterocycles. The van der Waals surface area contributed by atoms with Gasteiger partial charge in [-0.05, 0) is 18.9 Å². The second-order valence-electron chi connectivity index (χ2n) is 4.53. The molecule has 1 aromatic rings. The molecule has 1 heterocycles. The maximum atomic E-state index is 12.3. The second-order valence-corrected chi connectivity index (χ2v) is 4.53. The molecule has 1 amide bonds. The molecule has 6 heteroatoms. The van der Waals surface area contributed by atoms with Crippen molar-refractivity contribution in [3.63, 3.8) is 0 Å². The molecule has 0 aromatic heterocycles. The molecule has 0 radical (unpaired) electrons. The molecule has 1 aliphatic rings. The topological polar surface area (TPSA) is 89.5 Å². The minimum Gasteiger partial charge on any atom is -0.337 e. The Morgan fingerprint density at radius 1 is 1.56 bits per heavy atom. The van der Waals surface area contributed by atoms with Gasteiger partial charge in [-0.1, -0.05) is 12.1 Å². The van der Waals surface area contributed by atoms with Crippen molar-refractivity contribution in [3.05, 3.63) is 39.4 Å². The zero-order chi connectivity index (χ0) is 13.3. The Labute approximate surface area is 105 Å². The van der Waals surface area contributed by atoms with Crippen LogP contribution in [0, 0.1) is 17.0 Å². The summed E-state index contributed by atoms with van der Waals surface area (Å²) in [4.78, 5) is 24.3. The Balaban J connectivity index is 2.38. The van der Waals surface area contributed by atoms with Crippen molar-refractivity contribution in [2.75, 3.05) is 13.1 Å². The molecule has 2 N–H and O–H groups in total. The largest absolute Gasteiger partial charge is 0.337 e. The normalized spacial score (nSPS) is 19.0. The first-order chi connectivity index (χ1) is 8.50. The molecule has 2 rings (SSSR count). The number of nitrogens with zero attached hydrogens (tertiary/aromatic N) is 2. The quantitative estimate of drug-likeness (QED) is 0.627. The van der Waals surface area contributed by atoms with Crippen LogP contribution in [-0.4, -0.2) is 34.9 Å². The van der Waals surface area contributed by atoms with Gasteiger partial charge in [0.25, 0.3) is 11.6 Å². The van der Waals surface area contributed by atoms with E-state index in [0.29, 0.717) is 18.7 Å². The van der Waals surface area contributed by atoms with Crippen LogP contribution in [0.25, 0.3) is 0 Å². The molecule has 0 saturated carbocycles. The standard InChI is InChI=1S/C12H15N3O3/c1-8-3-2-4-10(15(17)18)11(8)12(16)14-6-5-9(13)7-14/h2-4,9H,5-7,13H2,1H3/t9-/m1/s1. The predicted molar refractivity (Wildman–Crippen MR) is 66.3 cm³/mol. The van der Waals surface area contributed by atoms with Crippen LogP contribution < -0.4 is 5.73 Å². The Hall–Kier alpha value is -1.95. The van der Waals surface area contributed by atoms with Crippen molar-refractivity contribution in [2.45, 2.75) is 19.4 Å². The first-order valence-corrected chi connectivity index (χ1v) is 5.79. The van der Waals surface area contributed by atoms with Gasteiger partial charge >= 0.3 is 0 Å². The van der Waals surface area contributed by atoms with Gasteiger partial charge in [0.05, 0.1) is 4.92 Å². The Kier molecular flexibility index (Phi) is 3.29. The van der Waals surface area contributed by atoms with Gasteiger partial charge in [-0.25, -0.2) is 0 Å². The number of nitro groups is 1. The molecule has 96 valence electrons. The van der Waals surface area contributed by atoms with E-state index in [2.05, 4.69) is 0 Å². The van der Waals surface area contributed by atoms with Crippen molar-refractivity contribution < 1.29 is 9.72 Å². The van der Waals surface area contributed by atoms with Crippen LogP contribution in [0.1, 0.15) is 22.3 Å². The van der Waals surface area contributed by atoms with Crippen molar-refractivity contribution in [3.8, 4) is 0 Å². The number of benzene rings is 1. The Morgan fingerprint density at radius 3 is 2.83 bits per heavy atom. The first kappa shape index (κ1) is 12.5. The van der Waals surface area contributed by atoms with E-state index in [1.807, 2.05) is 0 Å². The molecular weight excluding hydrogens is 234 g/mol. The number of hydrogen-bond acceptors (Lipinski definition) is 4. The number of carbonyl (C=O) groups is 1. The van der Waals surface area contributed by atoms with E-state index >= 15 is 0 Å². The number of nitrogens with two attached hydrogens (primary N) is 1. The van der Waals surface area contributed by atoms with Crippen LogP contribution in [0.2, 0.25) is 0 Å². The van der Waals surface area contributed by atoms with E-state index in [-0.39, 0.29) is 23.2 Å². The molecule has 18 heavy (non-hydrogen) atoms. The zero-order valence-corrected chi connectivity index (χ0v) is 10.1. The number of amides is 1. The van der Waals surface area contributed by atoms with Gasteiger partial charge in [0.15, 0.2) is 0 Å². The lowest BCUT2D eigenvalue weighted by molar-refractivity contribution is -0.385. The molecule has 1 aromatic carbocycles. The third-order valence-corrected chi connectivity index (χ3v) is 3.17. The molecule has 1 fully saturated rings. The van der Waals surface area contributed by atoms with Crippen molar-refractivity contribution in [1.29, 1.82) is 0 Å². The van der Waals surface area contributed by atoms with Gasteiger partial charge in [0.2, 0.25) is 0 Å². The summed E-state index contributed by atoms with van der Waals surface area (Å²) < 4.78 is 0.